The molecule has 2 N–H and O–H groups in total. The van der Waals surface area contributed by atoms with Gasteiger partial charge in [0, 0.05) is 25.8 Å². The van der Waals surface area contributed by atoms with E-state index >= 15 is 0 Å². The first-order chi connectivity index (χ1) is 11.1. The van der Waals surface area contributed by atoms with Crippen molar-refractivity contribution in [2.24, 2.45) is 5.92 Å². The summed E-state index contributed by atoms with van der Waals surface area (Å²) in [6.07, 6.45) is 7.03. The van der Waals surface area contributed by atoms with Crippen molar-refractivity contribution in [3.05, 3.63) is 23.9 Å². The number of aromatic nitrogens is 1. The average Bonchev–Trinajstić information content (AvgIpc) is 2.81. The molecule has 2 unspecified atom stereocenters. The van der Waals surface area contributed by atoms with Crippen LogP contribution in [-0.2, 0) is 0 Å². The molecule has 1 amide bonds. The number of carbonyl (C=O) groups is 1. The second-order valence-electron chi connectivity index (χ2n) is 6.71. The fourth-order valence-electron chi connectivity index (χ4n) is 3.04. The molecular weight excluding hydrogens is 290 g/mol. The number of hydrogen-bond donors (Lipinski definition) is 2. The molecule has 5 nitrogen and oxygen atoms in total. The van der Waals surface area contributed by atoms with Crippen molar-refractivity contribution >= 4 is 11.7 Å². The van der Waals surface area contributed by atoms with Crippen LogP contribution in [0, 0.1) is 5.92 Å². The zero-order chi connectivity index (χ0) is 16.7. The summed E-state index contributed by atoms with van der Waals surface area (Å²) in [4.78, 5) is 18.9. The Balaban J connectivity index is 1.87. The summed E-state index contributed by atoms with van der Waals surface area (Å²) in [6.45, 7) is 6.46. The van der Waals surface area contributed by atoms with E-state index in [1.165, 1.54) is 25.7 Å². The minimum absolute atomic E-state index is 0.0997. The van der Waals surface area contributed by atoms with Gasteiger partial charge in [0.05, 0.1) is 11.7 Å². The van der Waals surface area contributed by atoms with Crippen LogP contribution in [0.1, 0.15) is 56.3 Å². The molecule has 0 radical (unpaired) electrons. The van der Waals surface area contributed by atoms with Gasteiger partial charge in [0.15, 0.2) is 0 Å². The summed E-state index contributed by atoms with van der Waals surface area (Å²) < 4.78 is 0. The highest BCUT2D eigenvalue weighted by atomic mass is 16.3. The standard InChI is InChI=1S/C18H29N3O2/c1-14(11-15(2)22)12-20-18(23)16-7-8-17(19-13-16)21-9-5-3-4-6-10-21/h7-8,13-15,22H,3-6,9-12H2,1-2H3,(H,20,23). The first-order valence-electron chi connectivity index (χ1n) is 8.73. The Labute approximate surface area is 139 Å². The minimum atomic E-state index is -0.337. The molecule has 128 valence electrons. The van der Waals surface area contributed by atoms with E-state index in [-0.39, 0.29) is 17.9 Å². The van der Waals surface area contributed by atoms with Gasteiger partial charge in [-0.05, 0) is 44.2 Å². The summed E-state index contributed by atoms with van der Waals surface area (Å²) >= 11 is 0. The maximum Gasteiger partial charge on any atom is 0.252 e. The largest absolute Gasteiger partial charge is 0.393 e. The second-order valence-corrected chi connectivity index (χ2v) is 6.71. The van der Waals surface area contributed by atoms with Crippen LogP contribution in [0.15, 0.2) is 18.3 Å². The van der Waals surface area contributed by atoms with Gasteiger partial charge in [0.25, 0.3) is 5.91 Å². The Bertz CT molecular complexity index is 480. The van der Waals surface area contributed by atoms with E-state index in [1.54, 1.807) is 13.1 Å². The van der Waals surface area contributed by atoms with Gasteiger partial charge >= 0.3 is 0 Å². The van der Waals surface area contributed by atoms with Crippen LogP contribution in [0.2, 0.25) is 0 Å². The van der Waals surface area contributed by atoms with Crippen LogP contribution in [-0.4, -0.2) is 41.7 Å². The smallest absolute Gasteiger partial charge is 0.252 e. The summed E-state index contributed by atoms with van der Waals surface area (Å²) in [5.74, 6) is 1.12. The Morgan fingerprint density at radius 2 is 1.96 bits per heavy atom. The molecule has 1 saturated heterocycles. The Kier molecular flexibility index (Phi) is 6.84. The molecule has 1 aromatic rings. The van der Waals surface area contributed by atoms with Gasteiger partial charge in [0.1, 0.15) is 5.82 Å². The lowest BCUT2D eigenvalue weighted by atomic mass is 10.0. The molecule has 1 aliphatic heterocycles. The van der Waals surface area contributed by atoms with Gasteiger partial charge in [-0.3, -0.25) is 4.79 Å². The van der Waals surface area contributed by atoms with E-state index in [0.29, 0.717) is 18.5 Å². The van der Waals surface area contributed by atoms with Crippen molar-refractivity contribution < 1.29 is 9.90 Å². The van der Waals surface area contributed by atoms with Crippen LogP contribution in [0.4, 0.5) is 5.82 Å². The van der Waals surface area contributed by atoms with Crippen molar-refractivity contribution in [1.82, 2.24) is 10.3 Å². The lowest BCUT2D eigenvalue weighted by Gasteiger charge is -2.21. The van der Waals surface area contributed by atoms with Crippen LogP contribution in [0.5, 0.6) is 0 Å². The molecule has 0 spiro atoms. The third kappa shape index (κ3) is 5.82. The number of pyridine rings is 1. The number of anilines is 1. The third-order valence-corrected chi connectivity index (χ3v) is 4.29. The maximum absolute atomic E-state index is 12.2. The van der Waals surface area contributed by atoms with Gasteiger partial charge in [-0.1, -0.05) is 19.8 Å². The second kappa shape index (κ2) is 8.87. The highest BCUT2D eigenvalue weighted by molar-refractivity contribution is 5.94. The summed E-state index contributed by atoms with van der Waals surface area (Å²) in [6, 6.07) is 3.79. The van der Waals surface area contributed by atoms with Gasteiger partial charge in [-0.25, -0.2) is 4.98 Å². The topological polar surface area (TPSA) is 65.5 Å². The number of aliphatic hydroxyl groups is 1. The van der Waals surface area contributed by atoms with Crippen LogP contribution in [0.25, 0.3) is 0 Å². The number of rotatable bonds is 6. The Hall–Kier alpha value is -1.62. The lowest BCUT2D eigenvalue weighted by Crippen LogP contribution is -2.30. The van der Waals surface area contributed by atoms with Crippen molar-refractivity contribution in [3.8, 4) is 0 Å². The molecule has 0 saturated carbocycles. The van der Waals surface area contributed by atoms with Crippen molar-refractivity contribution in [2.45, 2.75) is 52.1 Å². The Morgan fingerprint density at radius 1 is 1.26 bits per heavy atom. The van der Waals surface area contributed by atoms with Crippen LogP contribution in [0.3, 0.4) is 0 Å². The quantitative estimate of drug-likeness (QED) is 0.846. The number of hydrogen-bond acceptors (Lipinski definition) is 4. The molecule has 2 heterocycles. The highest BCUT2D eigenvalue weighted by Gasteiger charge is 2.13. The molecule has 23 heavy (non-hydrogen) atoms. The SMILES string of the molecule is CC(O)CC(C)CNC(=O)c1ccc(N2CCCCCC2)nc1. The molecule has 1 aromatic heterocycles. The summed E-state index contributed by atoms with van der Waals surface area (Å²) in [5, 5.41) is 12.3. The van der Waals surface area contributed by atoms with Crippen molar-refractivity contribution in [2.75, 3.05) is 24.5 Å². The van der Waals surface area contributed by atoms with Crippen molar-refractivity contribution in [3.63, 3.8) is 0 Å². The number of aliphatic hydroxyl groups excluding tert-OH is 1. The predicted molar refractivity (Wildman–Crippen MR) is 92.7 cm³/mol. The van der Waals surface area contributed by atoms with Crippen LogP contribution >= 0.6 is 0 Å². The highest BCUT2D eigenvalue weighted by Crippen LogP contribution is 2.17. The average molecular weight is 319 g/mol. The lowest BCUT2D eigenvalue weighted by molar-refractivity contribution is 0.0939. The molecule has 0 aliphatic carbocycles. The zero-order valence-corrected chi connectivity index (χ0v) is 14.3. The molecule has 2 rings (SSSR count). The molecule has 1 aliphatic rings. The Morgan fingerprint density at radius 3 is 2.52 bits per heavy atom. The van der Waals surface area contributed by atoms with E-state index < -0.39 is 0 Å². The molecule has 5 heteroatoms. The number of nitrogens with one attached hydrogen (secondary N) is 1. The van der Waals surface area contributed by atoms with Gasteiger partial charge in [-0.2, -0.15) is 0 Å². The first kappa shape index (κ1) is 17.7. The summed E-state index contributed by atoms with van der Waals surface area (Å²) in [7, 11) is 0. The van der Waals surface area contributed by atoms with Gasteiger partial charge in [-0.15, -0.1) is 0 Å². The van der Waals surface area contributed by atoms with Crippen molar-refractivity contribution in [1.29, 1.82) is 0 Å². The van der Waals surface area contributed by atoms with E-state index in [2.05, 4.69) is 15.2 Å². The van der Waals surface area contributed by atoms with E-state index in [4.69, 9.17) is 0 Å². The number of nitrogens with zero attached hydrogens (tertiary/aromatic N) is 2. The molecule has 2 atom stereocenters. The molecular formula is C18H29N3O2. The normalized spacial score (nSPS) is 18.1. The maximum atomic E-state index is 12.2. The van der Waals surface area contributed by atoms with Gasteiger partial charge < -0.3 is 15.3 Å². The molecule has 0 bridgehead atoms. The zero-order valence-electron chi connectivity index (χ0n) is 14.3. The van der Waals surface area contributed by atoms with Crippen LogP contribution < -0.4 is 10.2 Å². The fourth-order valence-corrected chi connectivity index (χ4v) is 3.04. The van der Waals surface area contributed by atoms with E-state index in [1.807, 2.05) is 19.1 Å². The fraction of sp³-hybridized carbons (Fsp3) is 0.667. The number of carbonyl (C=O) groups excluding carboxylic acids is 1. The molecule has 0 aromatic carbocycles. The van der Waals surface area contributed by atoms with Gasteiger partial charge in [0.2, 0.25) is 0 Å². The third-order valence-electron chi connectivity index (χ3n) is 4.29. The van der Waals surface area contributed by atoms with E-state index in [0.717, 1.165) is 18.9 Å². The monoisotopic (exact) mass is 319 g/mol. The first-order valence-corrected chi connectivity index (χ1v) is 8.73. The summed E-state index contributed by atoms with van der Waals surface area (Å²) in [5.41, 5.74) is 0.591. The minimum Gasteiger partial charge on any atom is -0.393 e. The molecule has 1 fully saturated rings. The predicted octanol–water partition coefficient (Wildman–Crippen LogP) is 2.60. The van der Waals surface area contributed by atoms with E-state index in [9.17, 15) is 9.90 Å². The number of amides is 1.